The van der Waals surface area contributed by atoms with Crippen LogP contribution in [0.5, 0.6) is 0 Å². The van der Waals surface area contributed by atoms with Gasteiger partial charge < -0.3 is 5.32 Å². The highest BCUT2D eigenvalue weighted by molar-refractivity contribution is 7.99. The van der Waals surface area contributed by atoms with Crippen LogP contribution in [0.25, 0.3) is 0 Å². The van der Waals surface area contributed by atoms with Crippen LogP contribution < -0.4 is 10.9 Å². The molecule has 0 bridgehead atoms. The van der Waals surface area contributed by atoms with Gasteiger partial charge >= 0.3 is 0 Å². The van der Waals surface area contributed by atoms with Crippen molar-refractivity contribution in [3.63, 3.8) is 0 Å². The number of aromatic nitrogens is 2. The molecule has 1 aliphatic rings. The van der Waals surface area contributed by atoms with Crippen LogP contribution in [0.2, 0.25) is 0 Å². The van der Waals surface area contributed by atoms with Crippen LogP contribution in [-0.4, -0.2) is 21.2 Å². The van der Waals surface area contributed by atoms with Gasteiger partial charge in [0.05, 0.1) is 6.20 Å². The highest BCUT2D eigenvalue weighted by atomic mass is 32.2. The molecule has 2 aromatic rings. The number of nitrogens with one attached hydrogen (secondary N) is 1. The van der Waals surface area contributed by atoms with Gasteiger partial charge in [-0.25, -0.2) is 4.98 Å². The Balaban J connectivity index is 1.81. The van der Waals surface area contributed by atoms with E-state index in [-0.39, 0.29) is 22.6 Å². The van der Waals surface area contributed by atoms with Crippen molar-refractivity contribution in [2.24, 2.45) is 0 Å². The van der Waals surface area contributed by atoms with Crippen LogP contribution in [0.3, 0.4) is 0 Å². The molecule has 0 aliphatic carbocycles. The first kappa shape index (κ1) is 15.8. The Morgan fingerprint density at radius 1 is 1.26 bits per heavy atom. The normalized spacial score (nSPS) is 13.7. The van der Waals surface area contributed by atoms with Crippen molar-refractivity contribution >= 4 is 23.4 Å². The van der Waals surface area contributed by atoms with Crippen LogP contribution in [0, 0.1) is 0 Å². The Morgan fingerprint density at radius 3 is 2.61 bits per heavy atom. The molecule has 23 heavy (non-hydrogen) atoms. The number of anilines is 1. The van der Waals surface area contributed by atoms with Crippen LogP contribution in [0.4, 0.5) is 5.69 Å². The molecule has 0 unspecified atom stereocenters. The van der Waals surface area contributed by atoms with Gasteiger partial charge in [0.25, 0.3) is 11.5 Å². The lowest BCUT2D eigenvalue weighted by Gasteiger charge is -2.19. The lowest BCUT2D eigenvalue weighted by molar-refractivity contribution is 0.102. The third-order valence-electron chi connectivity index (χ3n) is 3.82. The van der Waals surface area contributed by atoms with Crippen LogP contribution in [0.15, 0.2) is 40.4 Å². The van der Waals surface area contributed by atoms with E-state index in [1.807, 2.05) is 12.1 Å². The minimum atomic E-state index is -0.296. The lowest BCUT2D eigenvalue weighted by Crippen LogP contribution is -2.26. The molecule has 5 nitrogen and oxygen atoms in total. The van der Waals surface area contributed by atoms with Gasteiger partial charge in [0.1, 0.15) is 5.69 Å². The van der Waals surface area contributed by atoms with Crippen LogP contribution in [0.1, 0.15) is 36.7 Å². The number of rotatable bonds is 2. The summed E-state index contributed by atoms with van der Waals surface area (Å²) in [5.41, 5.74) is 1.75. The van der Waals surface area contributed by atoms with Gasteiger partial charge in [-0.3, -0.25) is 14.2 Å². The Bertz CT molecular complexity index is 804. The maximum Gasteiger partial charge on any atom is 0.277 e. The summed E-state index contributed by atoms with van der Waals surface area (Å²) in [5, 5.41) is 3.38. The zero-order valence-corrected chi connectivity index (χ0v) is 14.2. The molecule has 6 heteroatoms. The van der Waals surface area contributed by atoms with E-state index in [9.17, 15) is 9.59 Å². The molecule has 0 saturated carbocycles. The number of hydrogen-bond acceptors (Lipinski definition) is 4. The quantitative estimate of drug-likeness (QED) is 0.861. The fourth-order valence-corrected chi connectivity index (χ4v) is 3.33. The first-order valence-electron chi connectivity index (χ1n) is 7.51. The number of carbonyl (C=O) groups excluding carboxylic acids is 1. The molecule has 0 radical (unpaired) electrons. The number of carbonyl (C=O) groups is 1. The van der Waals surface area contributed by atoms with E-state index in [1.54, 1.807) is 28.5 Å². The topological polar surface area (TPSA) is 64.0 Å². The highest BCUT2D eigenvalue weighted by Gasteiger charge is 2.18. The fourth-order valence-electron chi connectivity index (χ4n) is 2.42. The summed E-state index contributed by atoms with van der Waals surface area (Å²) < 4.78 is 1.60. The van der Waals surface area contributed by atoms with Crippen molar-refractivity contribution in [3.8, 4) is 0 Å². The van der Waals surface area contributed by atoms with Gasteiger partial charge in [0, 0.05) is 17.9 Å². The van der Waals surface area contributed by atoms with E-state index >= 15 is 0 Å². The average molecular weight is 329 g/mol. The predicted molar refractivity (Wildman–Crippen MR) is 92.3 cm³/mol. The van der Waals surface area contributed by atoms with E-state index in [0.717, 1.165) is 11.3 Å². The molecular formula is C17H19N3O2S. The summed E-state index contributed by atoms with van der Waals surface area (Å²) in [6, 6.07) is 7.45. The maximum atomic E-state index is 12.3. The van der Waals surface area contributed by atoms with Crippen molar-refractivity contribution < 1.29 is 4.79 Å². The monoisotopic (exact) mass is 329 g/mol. The van der Waals surface area contributed by atoms with Crippen molar-refractivity contribution in [1.82, 2.24) is 9.55 Å². The summed E-state index contributed by atoms with van der Waals surface area (Å²) in [4.78, 5) is 28.9. The molecule has 0 spiro atoms. The van der Waals surface area contributed by atoms with Gasteiger partial charge in [-0.1, -0.05) is 44.7 Å². The summed E-state index contributed by atoms with van der Waals surface area (Å²) in [5.74, 6) is 0.545. The molecule has 1 N–H and O–H groups in total. The smallest absolute Gasteiger partial charge is 0.277 e. The van der Waals surface area contributed by atoms with Gasteiger partial charge in [-0.05, 0) is 23.1 Å². The molecule has 1 aromatic heterocycles. The molecule has 0 saturated heterocycles. The zero-order chi connectivity index (χ0) is 16.6. The summed E-state index contributed by atoms with van der Waals surface area (Å²) >= 11 is 1.55. The first-order valence-corrected chi connectivity index (χ1v) is 8.49. The Hall–Kier alpha value is -2.08. The first-order chi connectivity index (χ1) is 10.9. The molecular weight excluding hydrogens is 310 g/mol. The Kier molecular flexibility index (Phi) is 4.02. The van der Waals surface area contributed by atoms with Gasteiger partial charge in [0.2, 0.25) is 0 Å². The zero-order valence-electron chi connectivity index (χ0n) is 13.4. The molecule has 1 aliphatic heterocycles. The number of benzene rings is 1. The molecule has 0 atom stereocenters. The number of amides is 1. The highest BCUT2D eigenvalue weighted by Crippen LogP contribution is 2.23. The molecule has 0 fully saturated rings. The van der Waals surface area contributed by atoms with E-state index in [0.29, 0.717) is 17.3 Å². The minimum Gasteiger partial charge on any atom is -0.316 e. The predicted octanol–water partition coefficient (Wildman–Crippen LogP) is 2.90. The third kappa shape index (κ3) is 3.17. The van der Waals surface area contributed by atoms with Gasteiger partial charge in [0.15, 0.2) is 5.16 Å². The second-order valence-corrected chi connectivity index (χ2v) is 7.60. The third-order valence-corrected chi connectivity index (χ3v) is 4.79. The van der Waals surface area contributed by atoms with Gasteiger partial charge in [-0.15, -0.1) is 0 Å². The SMILES string of the molecule is CC(C)(C)c1ccc(C(=O)Nc2cnc3n(c2=O)CCS3)cc1. The van der Waals surface area contributed by atoms with E-state index in [1.165, 1.54) is 6.20 Å². The number of thioether (sulfide) groups is 1. The molecule has 120 valence electrons. The largest absolute Gasteiger partial charge is 0.316 e. The van der Waals surface area contributed by atoms with E-state index in [2.05, 4.69) is 31.1 Å². The Morgan fingerprint density at radius 2 is 1.96 bits per heavy atom. The van der Waals surface area contributed by atoms with E-state index < -0.39 is 0 Å². The maximum absolute atomic E-state index is 12.3. The number of hydrogen-bond donors (Lipinski definition) is 1. The van der Waals surface area contributed by atoms with Crippen molar-refractivity contribution in [3.05, 3.63) is 51.9 Å². The fraction of sp³-hybridized carbons (Fsp3) is 0.353. The molecule has 1 amide bonds. The van der Waals surface area contributed by atoms with Crippen molar-refractivity contribution in [2.45, 2.75) is 37.9 Å². The lowest BCUT2D eigenvalue weighted by atomic mass is 9.87. The van der Waals surface area contributed by atoms with Crippen molar-refractivity contribution in [1.29, 1.82) is 0 Å². The molecule has 2 heterocycles. The van der Waals surface area contributed by atoms with E-state index in [4.69, 9.17) is 0 Å². The summed E-state index contributed by atoms with van der Waals surface area (Å²) in [6.45, 7) is 7.00. The summed E-state index contributed by atoms with van der Waals surface area (Å²) in [6.07, 6.45) is 1.44. The van der Waals surface area contributed by atoms with Crippen LogP contribution >= 0.6 is 11.8 Å². The van der Waals surface area contributed by atoms with Gasteiger partial charge in [-0.2, -0.15) is 0 Å². The molecule has 1 aromatic carbocycles. The Labute approximate surface area is 139 Å². The second kappa shape index (κ2) is 5.85. The number of nitrogens with zero attached hydrogens (tertiary/aromatic N) is 2. The minimum absolute atomic E-state index is 0.0371. The second-order valence-electron chi connectivity index (χ2n) is 6.54. The summed E-state index contributed by atoms with van der Waals surface area (Å²) in [7, 11) is 0. The average Bonchev–Trinajstić information content (AvgIpc) is 2.98. The molecule has 3 rings (SSSR count). The standard InChI is InChI=1S/C17H19N3O2S/c1-17(2,3)12-6-4-11(5-7-12)14(21)19-13-10-18-16-20(15(13)22)8-9-23-16/h4-7,10H,8-9H2,1-3H3,(H,19,21). The van der Waals surface area contributed by atoms with Crippen LogP contribution in [-0.2, 0) is 12.0 Å². The number of fused-ring (bicyclic) bond motifs is 1. The van der Waals surface area contributed by atoms with Crippen molar-refractivity contribution in [2.75, 3.05) is 11.1 Å².